The second kappa shape index (κ2) is 7.63. The number of hydrogen-bond donors (Lipinski definition) is 1. The normalized spacial score (nSPS) is 28.5. The standard InChI is InChI=1S/C15H30O3S/c1-3-4-6-14-7-10-15(13-16,11-8-14)9-5-12-19(2,17)18/h14,16H,3-13H2,1-2H3. The first-order chi connectivity index (χ1) is 8.91. The molecule has 0 aromatic rings. The van der Waals surface area contributed by atoms with Crippen LogP contribution in [0.15, 0.2) is 0 Å². The highest BCUT2D eigenvalue weighted by molar-refractivity contribution is 7.90. The average molecular weight is 290 g/mol. The maximum Gasteiger partial charge on any atom is 0.147 e. The molecule has 0 aromatic carbocycles. The first-order valence-electron chi connectivity index (χ1n) is 7.69. The van der Waals surface area contributed by atoms with Gasteiger partial charge in [-0.05, 0) is 49.9 Å². The Kier molecular flexibility index (Phi) is 6.81. The molecule has 114 valence electrons. The molecule has 1 fully saturated rings. The molecule has 0 spiro atoms. The van der Waals surface area contributed by atoms with Crippen LogP contribution in [0.2, 0.25) is 0 Å². The van der Waals surface area contributed by atoms with Gasteiger partial charge in [-0.3, -0.25) is 0 Å². The van der Waals surface area contributed by atoms with Crippen molar-refractivity contribution >= 4 is 9.84 Å². The Bertz CT molecular complexity index is 340. The molecular weight excluding hydrogens is 260 g/mol. The van der Waals surface area contributed by atoms with E-state index >= 15 is 0 Å². The molecule has 3 nitrogen and oxygen atoms in total. The average Bonchev–Trinajstić information content (AvgIpc) is 2.36. The largest absolute Gasteiger partial charge is 0.396 e. The van der Waals surface area contributed by atoms with Crippen molar-refractivity contribution in [3.05, 3.63) is 0 Å². The van der Waals surface area contributed by atoms with Crippen molar-refractivity contribution < 1.29 is 13.5 Å². The zero-order valence-electron chi connectivity index (χ0n) is 12.5. The molecule has 1 aliphatic rings. The Balaban J connectivity index is 2.37. The third kappa shape index (κ3) is 6.26. The number of unbranched alkanes of at least 4 members (excludes halogenated alkanes) is 1. The van der Waals surface area contributed by atoms with Crippen LogP contribution < -0.4 is 0 Å². The Hall–Kier alpha value is -0.0900. The summed E-state index contributed by atoms with van der Waals surface area (Å²) in [5, 5.41) is 9.68. The van der Waals surface area contributed by atoms with Gasteiger partial charge in [0.05, 0.1) is 0 Å². The molecule has 0 unspecified atom stereocenters. The van der Waals surface area contributed by atoms with Gasteiger partial charge in [0.15, 0.2) is 0 Å². The van der Waals surface area contributed by atoms with Crippen LogP contribution in [0.5, 0.6) is 0 Å². The SMILES string of the molecule is CCCCC1CCC(CO)(CCCS(C)(=O)=O)CC1. The van der Waals surface area contributed by atoms with E-state index in [1.807, 2.05) is 0 Å². The summed E-state index contributed by atoms with van der Waals surface area (Å²) in [6.45, 7) is 2.45. The molecule has 0 bridgehead atoms. The fraction of sp³-hybridized carbons (Fsp3) is 1.00. The lowest BCUT2D eigenvalue weighted by molar-refractivity contribution is 0.0535. The van der Waals surface area contributed by atoms with Gasteiger partial charge in [-0.15, -0.1) is 0 Å². The van der Waals surface area contributed by atoms with Crippen molar-refractivity contribution in [1.82, 2.24) is 0 Å². The summed E-state index contributed by atoms with van der Waals surface area (Å²) in [7, 11) is -2.86. The van der Waals surface area contributed by atoms with Gasteiger partial charge in [0.1, 0.15) is 9.84 Å². The van der Waals surface area contributed by atoms with E-state index < -0.39 is 9.84 Å². The third-order valence-electron chi connectivity index (χ3n) is 4.69. The monoisotopic (exact) mass is 290 g/mol. The Morgan fingerprint density at radius 1 is 1.21 bits per heavy atom. The van der Waals surface area contributed by atoms with E-state index in [0.29, 0.717) is 6.42 Å². The van der Waals surface area contributed by atoms with Crippen molar-refractivity contribution in [3.8, 4) is 0 Å². The predicted molar refractivity (Wildman–Crippen MR) is 79.9 cm³/mol. The van der Waals surface area contributed by atoms with Crippen LogP contribution in [0.4, 0.5) is 0 Å². The van der Waals surface area contributed by atoms with Crippen molar-refractivity contribution in [3.63, 3.8) is 0 Å². The van der Waals surface area contributed by atoms with Crippen LogP contribution in [-0.2, 0) is 9.84 Å². The summed E-state index contributed by atoms with van der Waals surface area (Å²) in [5.41, 5.74) is 0.00735. The molecule has 4 heteroatoms. The zero-order chi connectivity index (χ0) is 14.4. The van der Waals surface area contributed by atoms with Gasteiger partial charge in [0, 0.05) is 18.6 Å². The van der Waals surface area contributed by atoms with Crippen molar-refractivity contribution in [2.75, 3.05) is 18.6 Å². The Morgan fingerprint density at radius 3 is 2.32 bits per heavy atom. The topological polar surface area (TPSA) is 54.4 Å². The highest BCUT2D eigenvalue weighted by Crippen LogP contribution is 2.43. The maximum atomic E-state index is 11.2. The van der Waals surface area contributed by atoms with Crippen LogP contribution in [-0.4, -0.2) is 32.1 Å². The van der Waals surface area contributed by atoms with Crippen LogP contribution >= 0.6 is 0 Å². The minimum Gasteiger partial charge on any atom is -0.396 e. The molecule has 0 radical (unpaired) electrons. The van der Waals surface area contributed by atoms with E-state index in [-0.39, 0.29) is 17.8 Å². The zero-order valence-corrected chi connectivity index (χ0v) is 13.3. The fourth-order valence-corrected chi connectivity index (χ4v) is 3.94. The number of sulfone groups is 1. The maximum absolute atomic E-state index is 11.2. The lowest BCUT2D eigenvalue weighted by Crippen LogP contribution is -2.31. The predicted octanol–water partition coefficient (Wildman–Crippen LogP) is 3.17. The van der Waals surface area contributed by atoms with Crippen LogP contribution in [0.1, 0.15) is 64.7 Å². The molecule has 1 rings (SSSR count). The lowest BCUT2D eigenvalue weighted by Gasteiger charge is -2.39. The second-order valence-electron chi connectivity index (χ2n) is 6.48. The van der Waals surface area contributed by atoms with Crippen LogP contribution in [0, 0.1) is 11.3 Å². The van der Waals surface area contributed by atoms with Crippen molar-refractivity contribution in [2.24, 2.45) is 11.3 Å². The van der Waals surface area contributed by atoms with Gasteiger partial charge in [0.25, 0.3) is 0 Å². The molecular formula is C15H30O3S. The molecule has 19 heavy (non-hydrogen) atoms. The minimum atomic E-state index is -2.86. The first-order valence-corrected chi connectivity index (χ1v) is 9.75. The lowest BCUT2D eigenvalue weighted by atomic mass is 9.68. The van der Waals surface area contributed by atoms with E-state index in [4.69, 9.17) is 0 Å². The van der Waals surface area contributed by atoms with E-state index in [1.54, 1.807) is 0 Å². The summed E-state index contributed by atoms with van der Waals surface area (Å²) in [5.74, 6) is 1.09. The number of aliphatic hydroxyl groups is 1. The van der Waals surface area contributed by atoms with Gasteiger partial charge in [0.2, 0.25) is 0 Å². The summed E-state index contributed by atoms with van der Waals surface area (Å²) in [6.07, 6.45) is 11.3. The molecule has 1 N–H and O–H groups in total. The highest BCUT2D eigenvalue weighted by Gasteiger charge is 2.34. The smallest absolute Gasteiger partial charge is 0.147 e. The third-order valence-corrected chi connectivity index (χ3v) is 5.72. The van der Waals surface area contributed by atoms with Gasteiger partial charge < -0.3 is 5.11 Å². The summed E-state index contributed by atoms with van der Waals surface area (Å²) in [4.78, 5) is 0. The van der Waals surface area contributed by atoms with E-state index in [2.05, 4.69) is 6.92 Å². The van der Waals surface area contributed by atoms with Gasteiger partial charge in [-0.25, -0.2) is 8.42 Å². The summed E-state index contributed by atoms with van der Waals surface area (Å²) >= 11 is 0. The molecule has 1 saturated carbocycles. The van der Waals surface area contributed by atoms with Crippen LogP contribution in [0.3, 0.4) is 0 Å². The molecule has 0 saturated heterocycles. The summed E-state index contributed by atoms with van der Waals surface area (Å²) in [6, 6.07) is 0. The number of aliphatic hydroxyl groups excluding tert-OH is 1. The second-order valence-corrected chi connectivity index (χ2v) is 8.74. The quantitative estimate of drug-likeness (QED) is 0.747. The molecule has 0 aliphatic heterocycles. The van der Waals surface area contributed by atoms with Crippen molar-refractivity contribution in [1.29, 1.82) is 0 Å². The molecule has 0 aromatic heterocycles. The van der Waals surface area contributed by atoms with E-state index in [1.165, 1.54) is 38.4 Å². The van der Waals surface area contributed by atoms with Gasteiger partial charge in [-0.2, -0.15) is 0 Å². The fourth-order valence-electron chi connectivity index (χ4n) is 3.27. The molecule has 1 aliphatic carbocycles. The first kappa shape index (κ1) is 17.0. The van der Waals surface area contributed by atoms with E-state index in [0.717, 1.165) is 25.2 Å². The molecule has 0 amide bonds. The minimum absolute atomic E-state index is 0.00735. The molecule has 0 atom stereocenters. The summed E-state index contributed by atoms with van der Waals surface area (Å²) < 4.78 is 22.3. The number of hydrogen-bond acceptors (Lipinski definition) is 3. The Morgan fingerprint density at radius 2 is 1.84 bits per heavy atom. The highest BCUT2D eigenvalue weighted by atomic mass is 32.2. The molecule has 0 heterocycles. The van der Waals surface area contributed by atoms with Gasteiger partial charge in [-0.1, -0.05) is 26.2 Å². The van der Waals surface area contributed by atoms with Gasteiger partial charge >= 0.3 is 0 Å². The van der Waals surface area contributed by atoms with E-state index in [9.17, 15) is 13.5 Å². The van der Waals surface area contributed by atoms with Crippen molar-refractivity contribution in [2.45, 2.75) is 64.7 Å². The number of rotatable bonds is 8. The van der Waals surface area contributed by atoms with Crippen LogP contribution in [0.25, 0.3) is 0 Å². The Labute approximate surface area is 118 Å².